The molecule has 0 amide bonds. The number of carbonyl (C=O) groups excluding carboxylic acids is 1. The van der Waals surface area contributed by atoms with Gasteiger partial charge in [0.1, 0.15) is 11.4 Å². The van der Waals surface area contributed by atoms with Crippen molar-refractivity contribution in [1.29, 1.82) is 0 Å². The molecule has 0 aliphatic heterocycles. The molecular formula is C22H17Br3NO2+. The molecule has 0 heterocycles. The quantitative estimate of drug-likeness (QED) is 0.198. The van der Waals surface area contributed by atoms with Crippen molar-refractivity contribution in [2.75, 3.05) is 6.54 Å². The summed E-state index contributed by atoms with van der Waals surface area (Å²) in [6, 6.07) is 24.8. The second kappa shape index (κ2) is 8.11. The molecule has 0 radical (unpaired) electrons. The Balaban J connectivity index is 1.47. The first-order valence-corrected chi connectivity index (χ1v) is 11.2. The first-order chi connectivity index (χ1) is 13.4. The zero-order valence-corrected chi connectivity index (χ0v) is 19.5. The van der Waals surface area contributed by atoms with Gasteiger partial charge in [-0.2, -0.15) is 0 Å². The predicted molar refractivity (Wildman–Crippen MR) is 122 cm³/mol. The van der Waals surface area contributed by atoms with Crippen molar-refractivity contribution in [2.45, 2.75) is 8.06 Å². The highest BCUT2D eigenvalue weighted by Crippen LogP contribution is 2.43. The molecular weight excluding hydrogens is 550 g/mol. The highest BCUT2D eigenvalue weighted by atomic mass is 80.0. The van der Waals surface area contributed by atoms with Gasteiger partial charge in [-0.05, 0) is 82.2 Å². The molecule has 0 saturated heterocycles. The van der Waals surface area contributed by atoms with Gasteiger partial charge < -0.3 is 10.1 Å². The van der Waals surface area contributed by atoms with Crippen molar-refractivity contribution in [3.05, 3.63) is 83.9 Å². The SMILES string of the molecule is O=C(Oc1ccc([NH2+]CC2c3ccccc3-c3ccccc32)cc1)C(Br)(Br)Br. The van der Waals surface area contributed by atoms with E-state index in [1.165, 1.54) is 22.3 Å². The van der Waals surface area contributed by atoms with Crippen molar-refractivity contribution in [1.82, 2.24) is 0 Å². The van der Waals surface area contributed by atoms with E-state index >= 15 is 0 Å². The molecule has 0 unspecified atom stereocenters. The third kappa shape index (κ3) is 4.10. The molecule has 0 aromatic heterocycles. The fraction of sp³-hybridized carbons (Fsp3) is 0.136. The number of esters is 1. The topological polar surface area (TPSA) is 42.9 Å². The van der Waals surface area contributed by atoms with Crippen LogP contribution in [0.2, 0.25) is 0 Å². The van der Waals surface area contributed by atoms with E-state index in [1.54, 1.807) is 12.1 Å². The monoisotopic (exact) mass is 564 g/mol. The number of halogens is 3. The molecule has 28 heavy (non-hydrogen) atoms. The van der Waals surface area contributed by atoms with Crippen molar-refractivity contribution >= 4 is 59.4 Å². The Kier molecular flexibility index (Phi) is 5.74. The second-order valence-electron chi connectivity index (χ2n) is 6.62. The number of fused-ring (bicyclic) bond motifs is 3. The summed E-state index contributed by atoms with van der Waals surface area (Å²) in [6.45, 7) is 0.917. The van der Waals surface area contributed by atoms with E-state index in [9.17, 15) is 4.79 Å². The van der Waals surface area contributed by atoms with Gasteiger partial charge in [-0.1, -0.05) is 48.5 Å². The van der Waals surface area contributed by atoms with E-state index in [2.05, 4.69) is 102 Å². The minimum absolute atomic E-state index is 0.362. The number of nitrogens with two attached hydrogens (primary N) is 1. The maximum atomic E-state index is 11.9. The standard InChI is InChI=1S/C22H16Br3NO2/c23-22(24,25)21(27)28-15-11-9-14(10-12-15)26-13-20-18-7-3-1-5-16(18)17-6-2-4-8-19(17)20/h1-12,20,26H,13H2/p+1. The molecule has 3 nitrogen and oxygen atoms in total. The van der Waals surface area contributed by atoms with E-state index in [0.29, 0.717) is 11.7 Å². The number of quaternary nitrogens is 1. The number of carbonyl (C=O) groups is 1. The van der Waals surface area contributed by atoms with Crippen LogP contribution in [0, 0.1) is 0 Å². The Morgan fingerprint density at radius 1 is 0.857 bits per heavy atom. The van der Waals surface area contributed by atoms with Crippen LogP contribution in [0.4, 0.5) is 5.69 Å². The molecule has 0 bridgehead atoms. The summed E-state index contributed by atoms with van der Waals surface area (Å²) >= 11 is 9.47. The van der Waals surface area contributed by atoms with Crippen LogP contribution in [-0.2, 0) is 4.79 Å². The lowest BCUT2D eigenvalue weighted by molar-refractivity contribution is -0.573. The minimum atomic E-state index is -1.07. The van der Waals surface area contributed by atoms with Crippen LogP contribution in [0.15, 0.2) is 72.8 Å². The lowest BCUT2D eigenvalue weighted by atomic mass is 9.97. The van der Waals surface area contributed by atoms with E-state index in [0.717, 1.165) is 12.2 Å². The van der Waals surface area contributed by atoms with Gasteiger partial charge in [0.05, 0.1) is 12.5 Å². The Hall–Kier alpha value is -1.47. The average Bonchev–Trinajstić information content (AvgIpc) is 3.01. The summed E-state index contributed by atoms with van der Waals surface area (Å²) < 4.78 is 4.24. The van der Waals surface area contributed by atoms with Crippen LogP contribution in [0.25, 0.3) is 11.1 Å². The van der Waals surface area contributed by atoms with Crippen molar-refractivity contribution in [3.8, 4) is 16.9 Å². The molecule has 1 aliphatic rings. The van der Waals surface area contributed by atoms with Gasteiger partial charge >= 0.3 is 5.97 Å². The first-order valence-electron chi connectivity index (χ1n) is 8.84. The minimum Gasteiger partial charge on any atom is -0.424 e. The molecule has 1 aliphatic carbocycles. The average molecular weight is 567 g/mol. The molecule has 142 valence electrons. The Morgan fingerprint density at radius 2 is 1.39 bits per heavy atom. The molecule has 0 fully saturated rings. The highest BCUT2D eigenvalue weighted by molar-refractivity contribution is 9.40. The summed E-state index contributed by atoms with van der Waals surface area (Å²) in [4.78, 5) is 11.9. The van der Waals surface area contributed by atoms with Crippen molar-refractivity contribution in [2.24, 2.45) is 0 Å². The number of hydrogen-bond donors (Lipinski definition) is 1. The maximum Gasteiger partial charge on any atom is 0.350 e. The number of rotatable bonds is 4. The van der Waals surface area contributed by atoms with Gasteiger partial charge in [0, 0.05) is 12.1 Å². The Morgan fingerprint density at radius 3 is 1.93 bits per heavy atom. The van der Waals surface area contributed by atoms with Gasteiger partial charge in [-0.3, -0.25) is 0 Å². The normalized spacial score (nSPS) is 13.1. The van der Waals surface area contributed by atoms with Gasteiger partial charge in [0.25, 0.3) is 0 Å². The third-order valence-electron chi connectivity index (χ3n) is 4.87. The van der Waals surface area contributed by atoms with Crippen LogP contribution in [0.3, 0.4) is 0 Å². The zero-order valence-electron chi connectivity index (χ0n) is 14.7. The van der Waals surface area contributed by atoms with Gasteiger partial charge in [-0.15, -0.1) is 0 Å². The van der Waals surface area contributed by atoms with Gasteiger partial charge in [0.2, 0.25) is 2.14 Å². The summed E-state index contributed by atoms with van der Waals surface area (Å²) in [5, 5.41) is 2.24. The molecule has 0 spiro atoms. The van der Waals surface area contributed by atoms with Crippen LogP contribution in [0.1, 0.15) is 17.0 Å². The first kappa shape index (κ1) is 19.8. The summed E-state index contributed by atoms with van der Waals surface area (Å²) in [7, 11) is 0. The maximum absolute atomic E-state index is 11.9. The number of alkyl halides is 3. The lowest BCUT2D eigenvalue weighted by Crippen LogP contribution is -2.79. The zero-order chi connectivity index (χ0) is 19.7. The number of hydrogen-bond acceptors (Lipinski definition) is 2. The summed E-state index contributed by atoms with van der Waals surface area (Å²) in [6.07, 6.45) is 0. The van der Waals surface area contributed by atoms with Crippen LogP contribution in [0.5, 0.6) is 5.75 Å². The van der Waals surface area contributed by atoms with E-state index in [4.69, 9.17) is 4.74 Å². The van der Waals surface area contributed by atoms with Crippen LogP contribution >= 0.6 is 47.8 Å². The summed E-state index contributed by atoms with van der Waals surface area (Å²) in [5.41, 5.74) is 6.54. The smallest absolute Gasteiger partial charge is 0.350 e. The van der Waals surface area contributed by atoms with Crippen LogP contribution in [-0.4, -0.2) is 14.7 Å². The highest BCUT2D eigenvalue weighted by Gasteiger charge is 2.31. The Bertz CT molecular complexity index is 967. The lowest BCUT2D eigenvalue weighted by Gasteiger charge is -2.13. The molecule has 0 saturated carbocycles. The van der Waals surface area contributed by atoms with Gasteiger partial charge in [0.15, 0.2) is 0 Å². The van der Waals surface area contributed by atoms with Crippen LogP contribution < -0.4 is 10.1 Å². The van der Waals surface area contributed by atoms with Crippen molar-refractivity contribution in [3.63, 3.8) is 0 Å². The third-order valence-corrected chi connectivity index (χ3v) is 5.85. The Labute approximate surface area is 188 Å². The predicted octanol–water partition coefficient (Wildman–Crippen LogP) is 5.44. The molecule has 3 aromatic carbocycles. The van der Waals surface area contributed by atoms with Gasteiger partial charge in [-0.25, -0.2) is 4.79 Å². The van der Waals surface area contributed by atoms with Crippen molar-refractivity contribution < 1.29 is 14.8 Å². The fourth-order valence-corrected chi connectivity index (χ4v) is 3.85. The molecule has 0 atom stereocenters. The summed E-state index contributed by atoms with van der Waals surface area (Å²) in [5.74, 6) is 0.394. The molecule has 2 N–H and O–H groups in total. The fourth-order valence-electron chi connectivity index (χ4n) is 3.60. The molecule has 4 rings (SSSR count). The van der Waals surface area contributed by atoms with E-state index < -0.39 is 8.11 Å². The second-order valence-corrected chi connectivity index (χ2v) is 13.4. The molecule has 3 aromatic rings. The largest absolute Gasteiger partial charge is 0.424 e. The van der Waals surface area contributed by atoms with E-state index in [-0.39, 0.29) is 0 Å². The number of ether oxygens (including phenoxy) is 1. The van der Waals surface area contributed by atoms with E-state index in [1.807, 2.05) is 12.1 Å². The number of benzene rings is 3. The molecule has 6 heteroatoms.